The molecule has 1 aromatic carbocycles. The van der Waals surface area contributed by atoms with E-state index in [-0.39, 0.29) is 23.2 Å². The number of nitrogens with zero attached hydrogens (tertiary/aromatic N) is 1. The van der Waals surface area contributed by atoms with Crippen LogP contribution in [0.2, 0.25) is 0 Å². The number of carboxylic acids is 1. The van der Waals surface area contributed by atoms with Crippen molar-refractivity contribution in [2.75, 3.05) is 0 Å². The average Bonchev–Trinajstić information content (AvgIpc) is 2.94. The molecular formula is C13H13N3O4. The molecule has 2 heterocycles. The van der Waals surface area contributed by atoms with Crippen LogP contribution in [0.15, 0.2) is 23.0 Å². The SMILES string of the molecule is O=C1CCC(Cn2c(=O)[nH]c3ccc(C(=O)O)cc32)N1. The van der Waals surface area contributed by atoms with Crippen LogP contribution in [0.3, 0.4) is 0 Å². The summed E-state index contributed by atoms with van der Waals surface area (Å²) >= 11 is 0. The van der Waals surface area contributed by atoms with Crippen LogP contribution in [-0.2, 0) is 11.3 Å². The normalized spacial score (nSPS) is 18.4. The number of imidazole rings is 1. The fourth-order valence-corrected chi connectivity index (χ4v) is 2.50. The van der Waals surface area contributed by atoms with Crippen LogP contribution >= 0.6 is 0 Å². The predicted octanol–water partition coefficient (Wildman–Crippen LogP) is 0.306. The van der Waals surface area contributed by atoms with Gasteiger partial charge >= 0.3 is 11.7 Å². The molecule has 1 fully saturated rings. The van der Waals surface area contributed by atoms with Crippen molar-refractivity contribution < 1.29 is 14.7 Å². The van der Waals surface area contributed by atoms with Gasteiger partial charge in [-0.25, -0.2) is 9.59 Å². The summed E-state index contributed by atoms with van der Waals surface area (Å²) in [6, 6.07) is 4.39. The van der Waals surface area contributed by atoms with Gasteiger partial charge in [-0.1, -0.05) is 0 Å². The minimum atomic E-state index is -1.04. The molecule has 7 nitrogen and oxygen atoms in total. The quantitative estimate of drug-likeness (QED) is 0.749. The van der Waals surface area contributed by atoms with Crippen LogP contribution in [0, 0.1) is 0 Å². The maximum Gasteiger partial charge on any atom is 0.335 e. The fourth-order valence-electron chi connectivity index (χ4n) is 2.50. The van der Waals surface area contributed by atoms with E-state index in [0.717, 1.165) is 0 Å². The van der Waals surface area contributed by atoms with E-state index < -0.39 is 5.97 Å². The van der Waals surface area contributed by atoms with E-state index in [1.165, 1.54) is 16.7 Å². The highest BCUT2D eigenvalue weighted by atomic mass is 16.4. The number of carboxylic acid groups (broad SMARTS) is 1. The van der Waals surface area contributed by atoms with Crippen LogP contribution in [0.25, 0.3) is 11.0 Å². The molecule has 1 aliphatic rings. The van der Waals surface area contributed by atoms with Gasteiger partial charge in [-0.15, -0.1) is 0 Å². The summed E-state index contributed by atoms with van der Waals surface area (Å²) in [6.45, 7) is 0.341. The lowest BCUT2D eigenvalue weighted by atomic mass is 10.2. The van der Waals surface area contributed by atoms with Gasteiger partial charge < -0.3 is 15.4 Å². The summed E-state index contributed by atoms with van der Waals surface area (Å²) in [5.41, 5.74) is 0.949. The zero-order valence-corrected chi connectivity index (χ0v) is 10.5. The first-order valence-electron chi connectivity index (χ1n) is 6.30. The lowest BCUT2D eigenvalue weighted by Crippen LogP contribution is -2.33. The molecule has 1 aromatic heterocycles. The summed E-state index contributed by atoms with van der Waals surface area (Å²) in [5, 5.41) is 11.8. The fraction of sp³-hybridized carbons (Fsp3) is 0.308. The molecule has 1 saturated heterocycles. The molecule has 0 bridgehead atoms. The number of nitrogens with one attached hydrogen (secondary N) is 2. The Morgan fingerprint density at radius 3 is 2.85 bits per heavy atom. The summed E-state index contributed by atoms with van der Waals surface area (Å²) in [4.78, 5) is 36.8. The second-order valence-electron chi connectivity index (χ2n) is 4.88. The van der Waals surface area contributed by atoms with Gasteiger partial charge in [0.15, 0.2) is 0 Å². The molecule has 1 unspecified atom stereocenters. The van der Waals surface area contributed by atoms with E-state index in [1.54, 1.807) is 6.07 Å². The summed E-state index contributed by atoms with van der Waals surface area (Å²) < 4.78 is 1.47. The van der Waals surface area contributed by atoms with E-state index in [2.05, 4.69) is 10.3 Å². The Morgan fingerprint density at radius 2 is 2.20 bits per heavy atom. The highest BCUT2D eigenvalue weighted by Gasteiger charge is 2.22. The van der Waals surface area contributed by atoms with Crippen molar-refractivity contribution in [3.63, 3.8) is 0 Å². The Morgan fingerprint density at radius 1 is 1.40 bits per heavy atom. The molecule has 104 valence electrons. The largest absolute Gasteiger partial charge is 0.478 e. The number of aromatic carboxylic acids is 1. The Kier molecular flexibility index (Phi) is 2.81. The highest BCUT2D eigenvalue weighted by Crippen LogP contribution is 2.15. The van der Waals surface area contributed by atoms with Gasteiger partial charge in [0.1, 0.15) is 0 Å². The van der Waals surface area contributed by atoms with Crippen LogP contribution in [-0.4, -0.2) is 32.6 Å². The molecule has 1 atom stereocenters. The Labute approximate surface area is 113 Å². The lowest BCUT2D eigenvalue weighted by molar-refractivity contribution is -0.119. The second-order valence-corrected chi connectivity index (χ2v) is 4.88. The van der Waals surface area contributed by atoms with Crippen molar-refractivity contribution in [2.45, 2.75) is 25.4 Å². The van der Waals surface area contributed by atoms with E-state index in [0.29, 0.717) is 30.4 Å². The maximum absolute atomic E-state index is 11.9. The molecule has 7 heteroatoms. The van der Waals surface area contributed by atoms with Crippen molar-refractivity contribution in [3.8, 4) is 0 Å². The van der Waals surface area contributed by atoms with E-state index in [1.807, 2.05) is 0 Å². The molecule has 1 aliphatic heterocycles. The first kappa shape index (κ1) is 12.5. The number of benzene rings is 1. The third-order valence-electron chi connectivity index (χ3n) is 3.51. The van der Waals surface area contributed by atoms with Crippen LogP contribution in [0.5, 0.6) is 0 Å². The van der Waals surface area contributed by atoms with Gasteiger partial charge in [0.2, 0.25) is 5.91 Å². The zero-order valence-electron chi connectivity index (χ0n) is 10.5. The number of amides is 1. The standard InChI is InChI=1S/C13H13N3O4/c17-11-4-2-8(14-11)6-16-10-5-7(12(18)19)1-3-9(10)15-13(16)20/h1,3,5,8H,2,4,6H2,(H,14,17)(H,15,20)(H,18,19). The Bertz CT molecular complexity index is 759. The minimum absolute atomic E-state index is 0.0193. The maximum atomic E-state index is 11.9. The topological polar surface area (TPSA) is 104 Å². The molecule has 3 rings (SSSR count). The molecule has 2 aromatic rings. The van der Waals surface area contributed by atoms with Crippen molar-refractivity contribution in [1.82, 2.24) is 14.9 Å². The Hall–Kier alpha value is -2.57. The van der Waals surface area contributed by atoms with E-state index in [4.69, 9.17) is 5.11 Å². The summed E-state index contributed by atoms with van der Waals surface area (Å²) in [5.74, 6) is -1.06. The summed E-state index contributed by atoms with van der Waals surface area (Å²) in [7, 11) is 0. The third kappa shape index (κ3) is 2.07. The number of H-pyrrole nitrogens is 1. The molecule has 0 spiro atoms. The Balaban J connectivity index is 2.02. The number of hydrogen-bond acceptors (Lipinski definition) is 3. The molecular weight excluding hydrogens is 262 g/mol. The molecule has 1 amide bonds. The number of carbonyl (C=O) groups is 2. The van der Waals surface area contributed by atoms with Gasteiger partial charge in [0, 0.05) is 19.0 Å². The minimum Gasteiger partial charge on any atom is -0.478 e. The number of aromatic amines is 1. The smallest absolute Gasteiger partial charge is 0.335 e. The van der Waals surface area contributed by atoms with Crippen LogP contribution in [0.4, 0.5) is 0 Å². The monoisotopic (exact) mass is 275 g/mol. The number of carbonyl (C=O) groups excluding carboxylic acids is 1. The van der Waals surface area contributed by atoms with Gasteiger partial charge in [-0.05, 0) is 24.6 Å². The third-order valence-corrected chi connectivity index (χ3v) is 3.51. The molecule has 3 N–H and O–H groups in total. The number of fused-ring (bicyclic) bond motifs is 1. The average molecular weight is 275 g/mol. The van der Waals surface area contributed by atoms with Crippen molar-refractivity contribution in [3.05, 3.63) is 34.2 Å². The summed E-state index contributed by atoms with van der Waals surface area (Å²) in [6.07, 6.45) is 1.14. The molecule has 0 saturated carbocycles. The molecule has 0 radical (unpaired) electrons. The van der Waals surface area contributed by atoms with E-state index >= 15 is 0 Å². The van der Waals surface area contributed by atoms with Crippen LogP contribution in [0.1, 0.15) is 23.2 Å². The van der Waals surface area contributed by atoms with Gasteiger partial charge in [0.05, 0.1) is 16.6 Å². The zero-order chi connectivity index (χ0) is 14.3. The number of hydrogen-bond donors (Lipinski definition) is 3. The van der Waals surface area contributed by atoms with Crippen LogP contribution < -0.4 is 11.0 Å². The van der Waals surface area contributed by atoms with Gasteiger partial charge in [0.25, 0.3) is 0 Å². The van der Waals surface area contributed by atoms with Crippen molar-refractivity contribution in [1.29, 1.82) is 0 Å². The highest BCUT2D eigenvalue weighted by molar-refractivity contribution is 5.92. The second kappa shape index (κ2) is 4.52. The lowest BCUT2D eigenvalue weighted by Gasteiger charge is -2.10. The molecule has 20 heavy (non-hydrogen) atoms. The first-order valence-corrected chi connectivity index (χ1v) is 6.30. The van der Waals surface area contributed by atoms with Crippen molar-refractivity contribution >= 4 is 22.9 Å². The van der Waals surface area contributed by atoms with Gasteiger partial charge in [-0.2, -0.15) is 0 Å². The van der Waals surface area contributed by atoms with Gasteiger partial charge in [-0.3, -0.25) is 9.36 Å². The number of aromatic nitrogens is 2. The first-order chi connectivity index (χ1) is 9.54. The predicted molar refractivity (Wildman–Crippen MR) is 70.7 cm³/mol. The van der Waals surface area contributed by atoms with E-state index in [9.17, 15) is 14.4 Å². The van der Waals surface area contributed by atoms with Crippen molar-refractivity contribution in [2.24, 2.45) is 0 Å². The molecule has 0 aliphatic carbocycles. The number of rotatable bonds is 3.